The Morgan fingerprint density at radius 2 is 1.74 bits per heavy atom. The molecule has 1 saturated carbocycles. The smallest absolute Gasteiger partial charge is 0.246 e. The molecule has 38 heavy (non-hydrogen) atoms. The molecular formula is C30H42N4O4. The third-order valence-electron chi connectivity index (χ3n) is 8.92. The summed E-state index contributed by atoms with van der Waals surface area (Å²) in [4.78, 5) is 45.6. The van der Waals surface area contributed by atoms with Crippen molar-refractivity contribution in [3.63, 3.8) is 0 Å². The maximum absolute atomic E-state index is 14.1. The number of fused-ring (bicyclic) bond motifs is 1. The molecule has 8 nitrogen and oxygen atoms in total. The Bertz CT molecular complexity index is 1090. The zero-order valence-corrected chi connectivity index (χ0v) is 23.2. The molecule has 2 bridgehead atoms. The normalized spacial score (nSPS) is 30.2. The molecule has 3 fully saturated rings. The topological polar surface area (TPSA) is 91.0 Å². The number of likely N-dealkylation sites (tertiary alicyclic amines) is 1. The van der Waals surface area contributed by atoms with Gasteiger partial charge in [0, 0.05) is 24.8 Å². The highest BCUT2D eigenvalue weighted by Crippen LogP contribution is 2.55. The third-order valence-corrected chi connectivity index (χ3v) is 8.92. The summed E-state index contributed by atoms with van der Waals surface area (Å²) in [5.41, 5.74) is 1.71. The summed E-state index contributed by atoms with van der Waals surface area (Å²) in [5.74, 6) is -1.96. The molecule has 1 aliphatic carbocycles. The van der Waals surface area contributed by atoms with Gasteiger partial charge in [-0.1, -0.05) is 51.3 Å². The third kappa shape index (κ3) is 4.77. The van der Waals surface area contributed by atoms with E-state index in [9.17, 15) is 14.4 Å². The van der Waals surface area contributed by atoms with Crippen molar-refractivity contribution in [1.82, 2.24) is 15.1 Å². The fourth-order valence-electron chi connectivity index (χ4n) is 7.10. The van der Waals surface area contributed by atoms with Crippen LogP contribution in [-0.2, 0) is 19.1 Å². The number of likely N-dealkylation sites (N-methyl/N-ethyl adjacent to an activating group) is 1. The van der Waals surface area contributed by atoms with Crippen LogP contribution in [0.2, 0.25) is 0 Å². The van der Waals surface area contributed by atoms with Gasteiger partial charge >= 0.3 is 0 Å². The molecule has 0 radical (unpaired) electrons. The zero-order valence-electron chi connectivity index (χ0n) is 23.2. The lowest BCUT2D eigenvalue weighted by Crippen LogP contribution is -2.57. The van der Waals surface area contributed by atoms with Gasteiger partial charge in [0.05, 0.1) is 17.9 Å². The lowest BCUT2D eigenvalue weighted by molar-refractivity contribution is -0.141. The van der Waals surface area contributed by atoms with Gasteiger partial charge in [-0.25, -0.2) is 0 Å². The van der Waals surface area contributed by atoms with Crippen molar-refractivity contribution in [2.24, 2.45) is 11.8 Å². The van der Waals surface area contributed by atoms with Gasteiger partial charge in [-0.2, -0.15) is 0 Å². The predicted octanol–water partition coefficient (Wildman–Crippen LogP) is 3.18. The van der Waals surface area contributed by atoms with E-state index in [0.717, 1.165) is 49.9 Å². The molecular weight excluding hydrogens is 480 g/mol. The summed E-state index contributed by atoms with van der Waals surface area (Å²) < 4.78 is 6.48. The van der Waals surface area contributed by atoms with Crippen LogP contribution in [0.25, 0.3) is 0 Å². The number of benzene rings is 1. The van der Waals surface area contributed by atoms with Crippen molar-refractivity contribution in [2.75, 3.05) is 31.5 Å². The molecule has 1 spiro atoms. The van der Waals surface area contributed by atoms with Crippen LogP contribution in [0.1, 0.15) is 57.1 Å². The zero-order chi connectivity index (χ0) is 27.0. The van der Waals surface area contributed by atoms with E-state index in [4.69, 9.17) is 4.74 Å². The molecule has 3 amide bonds. The second kappa shape index (κ2) is 10.8. The van der Waals surface area contributed by atoms with E-state index in [0.29, 0.717) is 18.8 Å². The highest BCUT2D eigenvalue weighted by Gasteiger charge is 2.72. The highest BCUT2D eigenvalue weighted by atomic mass is 16.5. The molecule has 0 unspecified atom stereocenters. The van der Waals surface area contributed by atoms with Gasteiger partial charge in [0.1, 0.15) is 11.6 Å². The number of anilines is 1. The highest BCUT2D eigenvalue weighted by molar-refractivity contribution is 6.02. The minimum absolute atomic E-state index is 0.123. The quantitative estimate of drug-likeness (QED) is 0.486. The lowest BCUT2D eigenvalue weighted by atomic mass is 9.74. The minimum Gasteiger partial charge on any atom is -0.359 e. The number of nitrogens with zero attached hydrogens (tertiary/aromatic N) is 2. The fourth-order valence-corrected chi connectivity index (χ4v) is 7.10. The number of carbonyl (C=O) groups excluding carboxylic acids is 3. The Morgan fingerprint density at radius 1 is 1.05 bits per heavy atom. The Hall–Kier alpha value is -2.71. The van der Waals surface area contributed by atoms with E-state index >= 15 is 0 Å². The first-order valence-corrected chi connectivity index (χ1v) is 14.4. The van der Waals surface area contributed by atoms with E-state index in [-0.39, 0.29) is 23.8 Å². The summed E-state index contributed by atoms with van der Waals surface area (Å²) in [5, 5.41) is 6.29. The molecule has 1 aromatic rings. The van der Waals surface area contributed by atoms with Crippen molar-refractivity contribution >= 4 is 23.4 Å². The van der Waals surface area contributed by atoms with Crippen molar-refractivity contribution in [3.8, 4) is 0 Å². The summed E-state index contributed by atoms with van der Waals surface area (Å²) in [6, 6.07) is 5.25. The van der Waals surface area contributed by atoms with Crippen LogP contribution in [0.5, 0.6) is 0 Å². The molecule has 3 heterocycles. The summed E-state index contributed by atoms with van der Waals surface area (Å²) >= 11 is 0. The monoisotopic (exact) mass is 522 g/mol. The molecule has 206 valence electrons. The van der Waals surface area contributed by atoms with Crippen LogP contribution in [-0.4, -0.2) is 77.5 Å². The number of nitrogens with one attached hydrogen (secondary N) is 2. The first-order chi connectivity index (χ1) is 18.3. The number of hydrogen-bond donors (Lipinski definition) is 2. The van der Waals surface area contributed by atoms with Crippen molar-refractivity contribution in [3.05, 3.63) is 41.5 Å². The summed E-state index contributed by atoms with van der Waals surface area (Å²) in [6.45, 7) is 11.0. The number of ether oxygens (including phenoxy) is 1. The SMILES string of the molecule is CCN(CC)CCN1C(=O)[C@@H]2[C@H](C(=O)Nc3cc(C)cc(C)c3)[C@@H]3C=C[C@@]2(O3)[C@H]1C(=O)NC1CCCCC1. The van der Waals surface area contributed by atoms with Crippen molar-refractivity contribution in [1.29, 1.82) is 0 Å². The fraction of sp³-hybridized carbons (Fsp3) is 0.633. The van der Waals surface area contributed by atoms with E-state index in [1.54, 1.807) is 4.90 Å². The summed E-state index contributed by atoms with van der Waals surface area (Å²) in [6.07, 6.45) is 8.57. The van der Waals surface area contributed by atoms with Gasteiger partial charge in [0.15, 0.2) is 0 Å². The van der Waals surface area contributed by atoms with Crippen LogP contribution in [0.4, 0.5) is 5.69 Å². The summed E-state index contributed by atoms with van der Waals surface area (Å²) in [7, 11) is 0. The second-order valence-electron chi connectivity index (χ2n) is 11.5. The van der Waals surface area contributed by atoms with Gasteiger partial charge in [-0.15, -0.1) is 0 Å². The maximum Gasteiger partial charge on any atom is 0.246 e. The molecule has 4 aliphatic rings. The molecule has 5 atom stereocenters. The van der Waals surface area contributed by atoms with E-state index in [1.807, 2.05) is 38.1 Å². The van der Waals surface area contributed by atoms with Gasteiger partial charge in [-0.3, -0.25) is 14.4 Å². The van der Waals surface area contributed by atoms with E-state index in [1.165, 1.54) is 6.42 Å². The van der Waals surface area contributed by atoms with E-state index in [2.05, 4.69) is 35.4 Å². The van der Waals surface area contributed by atoms with Crippen LogP contribution < -0.4 is 10.6 Å². The number of hydrogen-bond acceptors (Lipinski definition) is 5. The average Bonchev–Trinajstić information content (AvgIpc) is 3.52. The molecule has 2 saturated heterocycles. The molecule has 0 aromatic heterocycles. The Labute approximate surface area is 226 Å². The Kier molecular flexibility index (Phi) is 7.65. The van der Waals surface area contributed by atoms with Crippen LogP contribution in [0, 0.1) is 25.7 Å². The van der Waals surface area contributed by atoms with Crippen molar-refractivity contribution < 1.29 is 19.1 Å². The minimum atomic E-state index is -1.12. The first-order valence-electron chi connectivity index (χ1n) is 14.4. The van der Waals surface area contributed by atoms with Gasteiger partial charge in [0.2, 0.25) is 17.7 Å². The van der Waals surface area contributed by atoms with Crippen molar-refractivity contribution in [2.45, 2.75) is 83.6 Å². The lowest BCUT2D eigenvalue weighted by Gasteiger charge is -2.34. The first kappa shape index (κ1) is 26.9. The number of aryl methyl sites for hydroxylation is 2. The van der Waals surface area contributed by atoms with Crippen LogP contribution >= 0.6 is 0 Å². The average molecular weight is 523 g/mol. The Morgan fingerprint density at radius 3 is 2.39 bits per heavy atom. The molecule has 1 aromatic carbocycles. The molecule has 8 heteroatoms. The van der Waals surface area contributed by atoms with E-state index < -0.39 is 29.6 Å². The number of amides is 3. The second-order valence-corrected chi connectivity index (χ2v) is 11.5. The standard InChI is InChI=1S/C30H42N4O4/c1-5-33(6-2)14-15-34-26(28(36)31-21-10-8-7-9-11-21)30-13-12-23(38-30)24(25(30)29(34)37)27(35)32-22-17-19(3)16-20(4)18-22/h12-13,16-18,21,23-26H,5-11,14-15H2,1-4H3,(H,31,36)(H,32,35)/t23-,24+,25-,26+,30-/m0/s1. The largest absolute Gasteiger partial charge is 0.359 e. The van der Waals surface area contributed by atoms with Gasteiger partial charge in [-0.05, 0) is 63.0 Å². The molecule has 3 aliphatic heterocycles. The van der Waals surface area contributed by atoms with Gasteiger partial charge < -0.3 is 25.2 Å². The van der Waals surface area contributed by atoms with Crippen LogP contribution in [0.3, 0.4) is 0 Å². The number of rotatable bonds is 9. The maximum atomic E-state index is 14.1. The number of carbonyl (C=O) groups is 3. The Balaban J connectivity index is 1.43. The molecule has 5 rings (SSSR count). The van der Waals surface area contributed by atoms with Gasteiger partial charge in [0.25, 0.3) is 0 Å². The van der Waals surface area contributed by atoms with Crippen LogP contribution in [0.15, 0.2) is 30.4 Å². The predicted molar refractivity (Wildman–Crippen MR) is 147 cm³/mol. The molecule has 2 N–H and O–H groups in total.